The lowest BCUT2D eigenvalue weighted by Gasteiger charge is -2.14. The Morgan fingerprint density at radius 2 is 1.90 bits per heavy atom. The number of hydrogen-bond acceptors (Lipinski definition) is 4. The van der Waals surface area contributed by atoms with Gasteiger partial charge in [-0.15, -0.1) is 0 Å². The first kappa shape index (κ1) is 15.5. The summed E-state index contributed by atoms with van der Waals surface area (Å²) < 4.78 is 27.3. The van der Waals surface area contributed by atoms with Gasteiger partial charge in [0.1, 0.15) is 0 Å². The van der Waals surface area contributed by atoms with E-state index in [4.69, 9.17) is 0 Å². The summed E-state index contributed by atoms with van der Waals surface area (Å²) in [5.41, 5.74) is 1.72. The third-order valence-electron chi connectivity index (χ3n) is 3.06. The van der Waals surface area contributed by atoms with Crippen LogP contribution in [-0.2, 0) is 10.0 Å². The van der Waals surface area contributed by atoms with Crippen LogP contribution in [0.5, 0.6) is 0 Å². The van der Waals surface area contributed by atoms with Crippen LogP contribution in [0.2, 0.25) is 0 Å². The van der Waals surface area contributed by atoms with Gasteiger partial charge in [0.05, 0.1) is 4.90 Å². The molecule has 0 saturated heterocycles. The summed E-state index contributed by atoms with van der Waals surface area (Å²) >= 11 is 0. The normalized spacial score (nSPS) is 12.9. The van der Waals surface area contributed by atoms with E-state index in [9.17, 15) is 8.42 Å². The Balaban J connectivity index is 2.14. The van der Waals surface area contributed by atoms with Crippen molar-refractivity contribution in [2.24, 2.45) is 0 Å². The molecule has 2 rings (SSSR count). The molecule has 6 heteroatoms. The molecule has 0 saturated carbocycles. The Morgan fingerprint density at radius 1 is 1.19 bits per heavy atom. The fraction of sp³-hybridized carbons (Fsp3) is 0.267. The molecule has 0 spiro atoms. The van der Waals surface area contributed by atoms with Crippen LogP contribution in [0.4, 0.5) is 5.69 Å². The summed E-state index contributed by atoms with van der Waals surface area (Å²) in [5.74, 6) is 0. The van der Waals surface area contributed by atoms with Gasteiger partial charge in [0, 0.05) is 30.7 Å². The van der Waals surface area contributed by atoms with Crippen LogP contribution >= 0.6 is 0 Å². The van der Waals surface area contributed by atoms with Crippen molar-refractivity contribution in [2.75, 3.05) is 11.9 Å². The lowest BCUT2D eigenvalue weighted by Crippen LogP contribution is -2.26. The predicted octanol–water partition coefficient (Wildman–Crippen LogP) is 2.55. The minimum Gasteiger partial charge on any atom is -0.385 e. The minimum atomic E-state index is -3.54. The first-order valence-electron chi connectivity index (χ1n) is 6.79. The molecule has 2 N–H and O–H groups in total. The van der Waals surface area contributed by atoms with Gasteiger partial charge < -0.3 is 5.32 Å². The van der Waals surface area contributed by atoms with Crippen molar-refractivity contribution < 1.29 is 8.42 Å². The maximum Gasteiger partial charge on any atom is 0.241 e. The summed E-state index contributed by atoms with van der Waals surface area (Å²) in [5, 5.41) is 3.13. The number of aromatic nitrogens is 1. The van der Waals surface area contributed by atoms with Crippen molar-refractivity contribution in [3.63, 3.8) is 0 Å². The molecule has 2 aromatic rings. The number of anilines is 1. The van der Waals surface area contributed by atoms with Gasteiger partial charge in [0.15, 0.2) is 0 Å². The largest absolute Gasteiger partial charge is 0.385 e. The molecule has 0 radical (unpaired) electrons. The van der Waals surface area contributed by atoms with Gasteiger partial charge in [-0.3, -0.25) is 4.98 Å². The smallest absolute Gasteiger partial charge is 0.241 e. The van der Waals surface area contributed by atoms with E-state index < -0.39 is 10.0 Å². The molecular weight excluding hydrogens is 286 g/mol. The fourth-order valence-electron chi connectivity index (χ4n) is 1.96. The quantitative estimate of drug-likeness (QED) is 0.860. The molecule has 1 aromatic heterocycles. The topological polar surface area (TPSA) is 71.1 Å². The third-order valence-corrected chi connectivity index (χ3v) is 4.62. The molecule has 0 aliphatic carbocycles. The van der Waals surface area contributed by atoms with Crippen LogP contribution in [0.3, 0.4) is 0 Å². The molecule has 0 aliphatic heterocycles. The van der Waals surface area contributed by atoms with Crippen LogP contribution in [-0.4, -0.2) is 19.9 Å². The maximum absolute atomic E-state index is 12.3. The number of nitrogens with one attached hydrogen (secondary N) is 2. The fourth-order valence-corrected chi connectivity index (χ4v) is 3.19. The van der Waals surface area contributed by atoms with Gasteiger partial charge in [-0.1, -0.05) is 6.07 Å². The van der Waals surface area contributed by atoms with Crippen molar-refractivity contribution in [3.8, 4) is 0 Å². The second kappa shape index (κ2) is 6.69. The van der Waals surface area contributed by atoms with Gasteiger partial charge in [0.25, 0.3) is 0 Å². The first-order chi connectivity index (χ1) is 10.0. The highest BCUT2D eigenvalue weighted by molar-refractivity contribution is 7.89. The van der Waals surface area contributed by atoms with Crippen LogP contribution in [0.25, 0.3) is 0 Å². The lowest BCUT2D eigenvalue weighted by atomic mass is 10.2. The van der Waals surface area contributed by atoms with Gasteiger partial charge in [0.2, 0.25) is 10.0 Å². The van der Waals surface area contributed by atoms with Crippen LogP contribution < -0.4 is 10.0 Å². The minimum absolute atomic E-state index is 0.250. The van der Waals surface area contributed by atoms with E-state index in [2.05, 4.69) is 15.0 Å². The van der Waals surface area contributed by atoms with Gasteiger partial charge in [-0.2, -0.15) is 0 Å². The number of hydrogen-bond donors (Lipinski definition) is 2. The van der Waals surface area contributed by atoms with E-state index in [1.165, 1.54) is 0 Å². The summed E-state index contributed by atoms with van der Waals surface area (Å²) in [6, 6.07) is 9.99. The van der Waals surface area contributed by atoms with E-state index >= 15 is 0 Å². The summed E-state index contributed by atoms with van der Waals surface area (Å²) in [7, 11) is -3.54. The number of rotatable bonds is 6. The monoisotopic (exact) mass is 305 g/mol. The molecule has 5 nitrogen and oxygen atoms in total. The molecule has 21 heavy (non-hydrogen) atoms. The summed E-state index contributed by atoms with van der Waals surface area (Å²) in [6.45, 7) is 4.58. The first-order valence-corrected chi connectivity index (χ1v) is 8.27. The molecule has 1 atom stereocenters. The number of benzene rings is 1. The van der Waals surface area contributed by atoms with Crippen molar-refractivity contribution in [3.05, 3.63) is 54.4 Å². The van der Waals surface area contributed by atoms with E-state index in [1.54, 1.807) is 49.6 Å². The average Bonchev–Trinajstić information content (AvgIpc) is 2.48. The third kappa shape index (κ3) is 4.03. The van der Waals surface area contributed by atoms with Crippen LogP contribution in [0, 0.1) is 0 Å². The second-order valence-electron chi connectivity index (χ2n) is 4.68. The van der Waals surface area contributed by atoms with E-state index in [0.29, 0.717) is 0 Å². The van der Waals surface area contributed by atoms with Gasteiger partial charge in [-0.25, -0.2) is 13.1 Å². The van der Waals surface area contributed by atoms with E-state index in [1.807, 2.05) is 13.0 Å². The molecule has 0 bridgehead atoms. The molecule has 0 fully saturated rings. The van der Waals surface area contributed by atoms with Gasteiger partial charge >= 0.3 is 0 Å². The van der Waals surface area contributed by atoms with Crippen LogP contribution in [0.1, 0.15) is 25.5 Å². The summed E-state index contributed by atoms with van der Waals surface area (Å²) in [4.78, 5) is 4.25. The SMILES string of the molecule is CCNc1ccc(S(=O)(=O)NC(C)c2cccnc2)cc1. The molecule has 112 valence electrons. The zero-order valence-corrected chi connectivity index (χ0v) is 12.9. The molecule has 1 heterocycles. The van der Waals surface area contributed by atoms with Crippen molar-refractivity contribution in [1.82, 2.24) is 9.71 Å². The number of pyridine rings is 1. The standard InChI is InChI=1S/C15H19N3O2S/c1-3-17-14-6-8-15(9-7-14)21(19,20)18-12(2)13-5-4-10-16-11-13/h4-12,17-18H,3H2,1-2H3. The average molecular weight is 305 g/mol. The Labute approximate surface area is 125 Å². The number of nitrogens with zero attached hydrogens (tertiary/aromatic N) is 1. The molecule has 0 aliphatic rings. The Kier molecular flexibility index (Phi) is 4.93. The Hall–Kier alpha value is -1.92. The van der Waals surface area contributed by atoms with Crippen LogP contribution in [0.15, 0.2) is 53.7 Å². The predicted molar refractivity (Wildman–Crippen MR) is 83.6 cm³/mol. The molecule has 0 amide bonds. The lowest BCUT2D eigenvalue weighted by molar-refractivity contribution is 0.566. The zero-order valence-electron chi connectivity index (χ0n) is 12.1. The highest BCUT2D eigenvalue weighted by Crippen LogP contribution is 2.18. The van der Waals surface area contributed by atoms with Crippen molar-refractivity contribution in [1.29, 1.82) is 0 Å². The van der Waals surface area contributed by atoms with E-state index in [-0.39, 0.29) is 10.9 Å². The Bertz CT molecular complexity index is 670. The summed E-state index contributed by atoms with van der Waals surface area (Å²) in [6.07, 6.45) is 3.31. The molecular formula is C15H19N3O2S. The van der Waals surface area contributed by atoms with Gasteiger partial charge in [-0.05, 0) is 49.7 Å². The Morgan fingerprint density at radius 3 is 2.48 bits per heavy atom. The molecule has 1 aromatic carbocycles. The second-order valence-corrected chi connectivity index (χ2v) is 6.40. The van der Waals surface area contributed by atoms with E-state index in [0.717, 1.165) is 17.8 Å². The van der Waals surface area contributed by atoms with Crippen molar-refractivity contribution in [2.45, 2.75) is 24.8 Å². The van der Waals surface area contributed by atoms with Crippen molar-refractivity contribution >= 4 is 15.7 Å². The zero-order chi connectivity index (χ0) is 15.3. The highest BCUT2D eigenvalue weighted by Gasteiger charge is 2.18. The number of sulfonamides is 1. The highest BCUT2D eigenvalue weighted by atomic mass is 32.2. The maximum atomic E-state index is 12.3. The molecule has 1 unspecified atom stereocenters.